The lowest BCUT2D eigenvalue weighted by Gasteiger charge is -2.56. The first-order valence-corrected chi connectivity index (χ1v) is 7.97. The molecular formula is C16H25N3. The van der Waals surface area contributed by atoms with Crippen LogP contribution in [0.5, 0.6) is 0 Å². The number of hydrogen-bond acceptors (Lipinski definition) is 2. The van der Waals surface area contributed by atoms with Gasteiger partial charge in [0.2, 0.25) is 0 Å². The van der Waals surface area contributed by atoms with E-state index >= 15 is 0 Å². The molecule has 4 aliphatic carbocycles. The molecule has 4 bridgehead atoms. The van der Waals surface area contributed by atoms with Gasteiger partial charge in [-0.2, -0.15) is 0 Å². The number of hydrogen-bond donors (Lipinski definition) is 1. The highest BCUT2D eigenvalue weighted by atomic mass is 15.1. The summed E-state index contributed by atoms with van der Waals surface area (Å²) in [6.07, 6.45) is 11.5. The van der Waals surface area contributed by atoms with Crippen LogP contribution in [0.2, 0.25) is 0 Å². The molecule has 5 rings (SSSR count). The van der Waals surface area contributed by atoms with E-state index in [4.69, 9.17) is 5.73 Å². The highest BCUT2D eigenvalue weighted by Gasteiger charge is 2.49. The Morgan fingerprint density at radius 2 is 1.84 bits per heavy atom. The maximum Gasteiger partial charge on any atom is 0.200 e. The average molecular weight is 259 g/mol. The molecule has 3 heteroatoms. The van der Waals surface area contributed by atoms with Crippen molar-refractivity contribution in [1.82, 2.24) is 9.55 Å². The Hall–Kier alpha value is -0.990. The molecule has 0 aliphatic heterocycles. The third-order valence-electron chi connectivity index (χ3n) is 6.19. The highest BCUT2D eigenvalue weighted by Crippen LogP contribution is 2.58. The standard InChI is InChI=1S/C16H25N3/c1-10(9-19-3-2-18-16(19)17)15-13-5-11-4-12(7-13)8-14(15)6-11/h2-3,10-15H,4-9H2,1H3,(H2,17,18). The summed E-state index contributed by atoms with van der Waals surface area (Å²) in [5.74, 6) is 6.53. The lowest BCUT2D eigenvalue weighted by Crippen LogP contribution is -2.47. The van der Waals surface area contributed by atoms with Crippen molar-refractivity contribution in [2.24, 2.45) is 35.5 Å². The molecule has 2 N–H and O–H groups in total. The molecule has 4 saturated carbocycles. The molecule has 1 atom stereocenters. The molecule has 4 aliphatic rings. The topological polar surface area (TPSA) is 43.8 Å². The van der Waals surface area contributed by atoms with Crippen LogP contribution in [0.25, 0.3) is 0 Å². The zero-order valence-electron chi connectivity index (χ0n) is 11.8. The second kappa shape index (κ2) is 4.26. The van der Waals surface area contributed by atoms with Gasteiger partial charge < -0.3 is 10.3 Å². The minimum Gasteiger partial charge on any atom is -0.369 e. The Kier molecular flexibility index (Phi) is 2.64. The van der Waals surface area contributed by atoms with Gasteiger partial charge >= 0.3 is 0 Å². The van der Waals surface area contributed by atoms with E-state index in [9.17, 15) is 0 Å². The van der Waals surface area contributed by atoms with Crippen LogP contribution in [0.4, 0.5) is 5.95 Å². The van der Waals surface area contributed by atoms with Crippen molar-refractivity contribution >= 4 is 5.95 Å². The van der Waals surface area contributed by atoms with E-state index in [1.165, 1.54) is 25.7 Å². The Balaban J connectivity index is 1.51. The van der Waals surface area contributed by atoms with Crippen LogP contribution in [-0.4, -0.2) is 9.55 Å². The Bertz CT molecular complexity index is 436. The molecule has 19 heavy (non-hydrogen) atoms. The molecule has 0 amide bonds. The van der Waals surface area contributed by atoms with E-state index in [1.807, 2.05) is 12.4 Å². The lowest BCUT2D eigenvalue weighted by atomic mass is 9.50. The van der Waals surface area contributed by atoms with Crippen LogP contribution in [0, 0.1) is 35.5 Å². The first-order valence-electron chi connectivity index (χ1n) is 7.97. The third-order valence-corrected chi connectivity index (χ3v) is 6.19. The molecule has 1 aromatic heterocycles. The van der Waals surface area contributed by atoms with Gasteiger partial charge in [0.05, 0.1) is 0 Å². The molecule has 0 spiro atoms. The van der Waals surface area contributed by atoms with E-state index in [2.05, 4.69) is 16.5 Å². The molecular weight excluding hydrogens is 234 g/mol. The van der Waals surface area contributed by atoms with Crippen LogP contribution >= 0.6 is 0 Å². The van der Waals surface area contributed by atoms with E-state index in [-0.39, 0.29) is 0 Å². The minimum atomic E-state index is 0.677. The molecule has 1 unspecified atom stereocenters. The summed E-state index contributed by atoms with van der Waals surface area (Å²) < 4.78 is 2.13. The first-order chi connectivity index (χ1) is 9.20. The van der Waals surface area contributed by atoms with Crippen molar-refractivity contribution in [3.63, 3.8) is 0 Å². The van der Waals surface area contributed by atoms with Crippen molar-refractivity contribution in [1.29, 1.82) is 0 Å². The van der Waals surface area contributed by atoms with Gasteiger partial charge in [0.25, 0.3) is 0 Å². The second-order valence-corrected chi connectivity index (χ2v) is 7.42. The van der Waals surface area contributed by atoms with E-state index < -0.39 is 0 Å². The molecule has 0 radical (unpaired) electrons. The van der Waals surface area contributed by atoms with Gasteiger partial charge in [-0.3, -0.25) is 0 Å². The van der Waals surface area contributed by atoms with Crippen molar-refractivity contribution in [2.45, 2.75) is 45.6 Å². The number of nitrogens with two attached hydrogens (primary N) is 1. The normalized spacial score (nSPS) is 41.6. The Morgan fingerprint density at radius 1 is 1.21 bits per heavy atom. The molecule has 4 fully saturated rings. The summed E-state index contributed by atoms with van der Waals surface area (Å²) in [5, 5.41) is 0. The number of rotatable bonds is 3. The largest absolute Gasteiger partial charge is 0.369 e. The lowest BCUT2D eigenvalue weighted by molar-refractivity contribution is -0.0610. The van der Waals surface area contributed by atoms with Crippen LogP contribution in [-0.2, 0) is 6.54 Å². The molecule has 1 aromatic rings. The maximum absolute atomic E-state index is 5.92. The van der Waals surface area contributed by atoms with Gasteiger partial charge in [-0.25, -0.2) is 4.98 Å². The fourth-order valence-corrected chi connectivity index (χ4v) is 5.82. The SMILES string of the molecule is CC(Cn1ccnc1N)C1C2CC3CC(C2)CC1C3. The van der Waals surface area contributed by atoms with Gasteiger partial charge in [-0.15, -0.1) is 0 Å². The molecule has 104 valence electrons. The van der Waals surface area contributed by atoms with Gasteiger partial charge in [-0.1, -0.05) is 6.92 Å². The summed E-state index contributed by atoms with van der Waals surface area (Å²) in [6.45, 7) is 3.49. The van der Waals surface area contributed by atoms with Gasteiger partial charge in [0.15, 0.2) is 5.95 Å². The van der Waals surface area contributed by atoms with Gasteiger partial charge in [-0.05, 0) is 67.6 Å². The molecule has 1 heterocycles. The van der Waals surface area contributed by atoms with E-state index in [0.717, 1.165) is 42.1 Å². The third kappa shape index (κ3) is 1.89. The first kappa shape index (κ1) is 11.8. The molecule has 3 nitrogen and oxygen atoms in total. The number of anilines is 1. The Morgan fingerprint density at radius 3 is 2.37 bits per heavy atom. The summed E-state index contributed by atoms with van der Waals surface area (Å²) in [7, 11) is 0. The van der Waals surface area contributed by atoms with Crippen molar-refractivity contribution in [2.75, 3.05) is 5.73 Å². The predicted molar refractivity (Wildman–Crippen MR) is 76.3 cm³/mol. The molecule has 0 saturated heterocycles. The van der Waals surface area contributed by atoms with Crippen LogP contribution in [0.1, 0.15) is 39.0 Å². The molecule has 0 aromatic carbocycles. The number of aromatic nitrogens is 2. The summed E-state index contributed by atoms with van der Waals surface area (Å²) in [5.41, 5.74) is 5.92. The maximum atomic E-state index is 5.92. The summed E-state index contributed by atoms with van der Waals surface area (Å²) in [4.78, 5) is 4.15. The smallest absolute Gasteiger partial charge is 0.200 e. The van der Waals surface area contributed by atoms with Gasteiger partial charge in [0, 0.05) is 18.9 Å². The zero-order valence-corrected chi connectivity index (χ0v) is 11.8. The van der Waals surface area contributed by atoms with E-state index in [0.29, 0.717) is 5.95 Å². The number of imidazole rings is 1. The van der Waals surface area contributed by atoms with Crippen LogP contribution in [0.15, 0.2) is 12.4 Å². The minimum absolute atomic E-state index is 0.677. The van der Waals surface area contributed by atoms with Gasteiger partial charge in [0.1, 0.15) is 0 Å². The van der Waals surface area contributed by atoms with E-state index in [1.54, 1.807) is 6.42 Å². The monoisotopic (exact) mass is 259 g/mol. The van der Waals surface area contributed by atoms with Crippen molar-refractivity contribution in [3.8, 4) is 0 Å². The highest BCUT2D eigenvalue weighted by molar-refractivity contribution is 5.16. The summed E-state index contributed by atoms with van der Waals surface area (Å²) >= 11 is 0. The zero-order chi connectivity index (χ0) is 13.0. The Labute approximate surface area is 115 Å². The predicted octanol–water partition coefficient (Wildman–Crippen LogP) is 3.17. The van der Waals surface area contributed by atoms with Crippen LogP contribution < -0.4 is 5.73 Å². The number of nitrogens with zero attached hydrogens (tertiary/aromatic N) is 2. The fraction of sp³-hybridized carbons (Fsp3) is 0.812. The second-order valence-electron chi connectivity index (χ2n) is 7.42. The van der Waals surface area contributed by atoms with Crippen molar-refractivity contribution in [3.05, 3.63) is 12.4 Å². The average Bonchev–Trinajstić information content (AvgIpc) is 2.73. The van der Waals surface area contributed by atoms with Crippen LogP contribution in [0.3, 0.4) is 0 Å². The fourth-order valence-electron chi connectivity index (χ4n) is 5.82. The summed E-state index contributed by atoms with van der Waals surface area (Å²) in [6, 6.07) is 0. The number of nitrogen functional groups attached to an aromatic ring is 1. The van der Waals surface area contributed by atoms with Crippen molar-refractivity contribution < 1.29 is 0 Å². The quantitative estimate of drug-likeness (QED) is 0.906.